The maximum Gasteiger partial charge on any atom is 0.328 e. The van der Waals surface area contributed by atoms with Crippen LogP contribution in [0.2, 0.25) is 0 Å². The van der Waals surface area contributed by atoms with Gasteiger partial charge in [-0.05, 0) is 45.4 Å². The summed E-state index contributed by atoms with van der Waals surface area (Å²) in [5.74, 6) is -0.498. The zero-order chi connectivity index (χ0) is 13.9. The van der Waals surface area contributed by atoms with Crippen molar-refractivity contribution in [3.8, 4) is 6.07 Å². The maximum atomic E-state index is 12.5. The molecular weight excluding hydrogens is 244 g/mol. The second-order valence-electron chi connectivity index (χ2n) is 5.31. The summed E-state index contributed by atoms with van der Waals surface area (Å²) in [5, 5.41) is 9.25. The molecule has 5 nitrogen and oxygen atoms in total. The van der Waals surface area contributed by atoms with Gasteiger partial charge in [0.15, 0.2) is 0 Å². The average molecular weight is 264 g/mol. The van der Waals surface area contributed by atoms with Crippen LogP contribution in [-0.4, -0.2) is 36.0 Å². The van der Waals surface area contributed by atoms with Crippen molar-refractivity contribution in [2.24, 2.45) is 5.41 Å². The molecular formula is C14H20N2O3. The highest BCUT2D eigenvalue weighted by molar-refractivity contribution is 5.90. The maximum absolute atomic E-state index is 12.5. The molecule has 1 saturated carbocycles. The first-order chi connectivity index (χ1) is 9.14. The number of ether oxygens (including phenoxy) is 1. The third-order valence-electron chi connectivity index (χ3n) is 4.15. The van der Waals surface area contributed by atoms with Crippen LogP contribution in [0.1, 0.15) is 45.4 Å². The number of rotatable bonds is 3. The molecule has 0 radical (unpaired) electrons. The van der Waals surface area contributed by atoms with Crippen molar-refractivity contribution in [3.05, 3.63) is 0 Å². The van der Waals surface area contributed by atoms with E-state index in [1.54, 1.807) is 11.8 Å². The SMILES string of the molecule is CCOC(=O)C1CCCCN1C(=O)C1(C#N)CCC1. The van der Waals surface area contributed by atoms with E-state index in [0.29, 0.717) is 32.4 Å². The van der Waals surface area contributed by atoms with E-state index in [0.717, 1.165) is 19.3 Å². The van der Waals surface area contributed by atoms with Crippen LogP contribution < -0.4 is 0 Å². The smallest absolute Gasteiger partial charge is 0.328 e. The minimum Gasteiger partial charge on any atom is -0.464 e. The first-order valence-electron chi connectivity index (χ1n) is 7.03. The molecule has 1 amide bonds. The van der Waals surface area contributed by atoms with Crippen molar-refractivity contribution in [1.82, 2.24) is 4.90 Å². The van der Waals surface area contributed by atoms with E-state index in [9.17, 15) is 14.9 Å². The van der Waals surface area contributed by atoms with Gasteiger partial charge in [0.25, 0.3) is 0 Å². The highest BCUT2D eigenvalue weighted by atomic mass is 16.5. The number of carbonyl (C=O) groups is 2. The van der Waals surface area contributed by atoms with Crippen LogP contribution in [0, 0.1) is 16.7 Å². The average Bonchev–Trinajstić information content (AvgIpc) is 2.38. The van der Waals surface area contributed by atoms with Crippen molar-refractivity contribution < 1.29 is 14.3 Å². The first-order valence-corrected chi connectivity index (χ1v) is 7.03. The summed E-state index contributed by atoms with van der Waals surface area (Å²) in [6.07, 6.45) is 4.61. The lowest BCUT2D eigenvalue weighted by molar-refractivity contribution is -0.161. The fourth-order valence-electron chi connectivity index (χ4n) is 2.84. The van der Waals surface area contributed by atoms with E-state index in [-0.39, 0.29) is 11.9 Å². The summed E-state index contributed by atoms with van der Waals surface area (Å²) in [5.41, 5.74) is -0.873. The Kier molecular flexibility index (Phi) is 4.08. The molecule has 1 aliphatic carbocycles. The molecule has 0 spiro atoms. The summed E-state index contributed by atoms with van der Waals surface area (Å²) in [4.78, 5) is 26.1. The molecule has 1 heterocycles. The van der Waals surface area contributed by atoms with Gasteiger partial charge in [0, 0.05) is 6.54 Å². The van der Waals surface area contributed by atoms with E-state index < -0.39 is 11.5 Å². The molecule has 0 N–H and O–H groups in total. The summed E-state index contributed by atoms with van der Waals surface area (Å²) < 4.78 is 5.04. The Morgan fingerprint density at radius 3 is 2.63 bits per heavy atom. The molecule has 1 aliphatic heterocycles. The number of carbonyl (C=O) groups excluding carboxylic acids is 2. The lowest BCUT2D eigenvalue weighted by Crippen LogP contribution is -2.55. The number of likely N-dealkylation sites (tertiary alicyclic amines) is 1. The van der Waals surface area contributed by atoms with Gasteiger partial charge in [0.05, 0.1) is 12.7 Å². The van der Waals surface area contributed by atoms with E-state index in [4.69, 9.17) is 4.74 Å². The lowest BCUT2D eigenvalue weighted by Gasteiger charge is -2.42. The molecule has 2 aliphatic rings. The molecule has 5 heteroatoms. The molecule has 0 aromatic rings. The minimum atomic E-state index is -0.873. The molecule has 1 unspecified atom stereocenters. The molecule has 2 fully saturated rings. The summed E-state index contributed by atoms with van der Waals surface area (Å²) >= 11 is 0. The Balaban J connectivity index is 2.13. The molecule has 0 aromatic heterocycles. The van der Waals surface area contributed by atoms with Gasteiger partial charge in [0.2, 0.25) is 5.91 Å². The molecule has 1 saturated heterocycles. The monoisotopic (exact) mass is 264 g/mol. The van der Waals surface area contributed by atoms with Crippen LogP contribution >= 0.6 is 0 Å². The third-order valence-corrected chi connectivity index (χ3v) is 4.15. The zero-order valence-corrected chi connectivity index (χ0v) is 11.4. The molecule has 0 aromatic carbocycles. The predicted molar refractivity (Wildman–Crippen MR) is 67.9 cm³/mol. The Bertz CT molecular complexity index is 409. The van der Waals surface area contributed by atoms with Gasteiger partial charge in [-0.2, -0.15) is 5.26 Å². The largest absolute Gasteiger partial charge is 0.464 e. The standard InChI is InChI=1S/C14H20N2O3/c1-2-19-12(17)11-6-3-4-9-16(11)13(18)14(10-15)7-5-8-14/h11H,2-9H2,1H3. The lowest BCUT2D eigenvalue weighted by atomic mass is 9.68. The highest BCUT2D eigenvalue weighted by Gasteiger charge is 2.49. The molecule has 19 heavy (non-hydrogen) atoms. The van der Waals surface area contributed by atoms with Crippen molar-refractivity contribution >= 4 is 11.9 Å². The first kappa shape index (κ1) is 13.9. The number of amides is 1. The number of hydrogen-bond acceptors (Lipinski definition) is 4. The summed E-state index contributed by atoms with van der Waals surface area (Å²) in [7, 11) is 0. The van der Waals surface area contributed by atoms with Crippen LogP contribution in [0.25, 0.3) is 0 Å². The summed E-state index contributed by atoms with van der Waals surface area (Å²) in [6, 6.07) is 1.67. The quantitative estimate of drug-likeness (QED) is 0.726. The van der Waals surface area contributed by atoms with Gasteiger partial charge in [-0.3, -0.25) is 4.79 Å². The Morgan fingerprint density at radius 2 is 2.11 bits per heavy atom. The highest BCUT2D eigenvalue weighted by Crippen LogP contribution is 2.43. The molecule has 0 bridgehead atoms. The van der Waals surface area contributed by atoms with Crippen molar-refractivity contribution in [3.63, 3.8) is 0 Å². The van der Waals surface area contributed by atoms with Crippen LogP contribution in [0.5, 0.6) is 0 Å². The number of hydrogen-bond donors (Lipinski definition) is 0. The van der Waals surface area contributed by atoms with Gasteiger partial charge in [-0.1, -0.05) is 0 Å². The van der Waals surface area contributed by atoms with E-state index >= 15 is 0 Å². The topological polar surface area (TPSA) is 70.4 Å². The Labute approximate surface area is 113 Å². The molecule has 2 rings (SSSR count). The van der Waals surface area contributed by atoms with Gasteiger partial charge >= 0.3 is 5.97 Å². The second-order valence-corrected chi connectivity index (χ2v) is 5.31. The molecule has 1 atom stereocenters. The minimum absolute atomic E-state index is 0.168. The fourth-order valence-corrected chi connectivity index (χ4v) is 2.84. The number of nitrogens with zero attached hydrogens (tertiary/aromatic N) is 2. The Morgan fingerprint density at radius 1 is 1.37 bits per heavy atom. The number of piperidine rings is 1. The van der Waals surface area contributed by atoms with E-state index in [2.05, 4.69) is 6.07 Å². The van der Waals surface area contributed by atoms with Gasteiger partial charge in [-0.15, -0.1) is 0 Å². The van der Waals surface area contributed by atoms with Gasteiger partial charge in [-0.25, -0.2) is 4.79 Å². The van der Waals surface area contributed by atoms with E-state index in [1.165, 1.54) is 0 Å². The summed E-state index contributed by atoms with van der Waals surface area (Å²) in [6.45, 7) is 2.64. The third kappa shape index (κ3) is 2.44. The molecule has 104 valence electrons. The fraction of sp³-hybridized carbons (Fsp3) is 0.786. The van der Waals surface area contributed by atoms with Crippen LogP contribution in [0.3, 0.4) is 0 Å². The van der Waals surface area contributed by atoms with Gasteiger partial charge in [0.1, 0.15) is 11.5 Å². The Hall–Kier alpha value is -1.57. The van der Waals surface area contributed by atoms with Crippen molar-refractivity contribution in [1.29, 1.82) is 5.26 Å². The van der Waals surface area contributed by atoms with Crippen LogP contribution in [0.15, 0.2) is 0 Å². The van der Waals surface area contributed by atoms with E-state index in [1.807, 2.05) is 0 Å². The van der Waals surface area contributed by atoms with Crippen LogP contribution in [-0.2, 0) is 14.3 Å². The normalized spacial score (nSPS) is 25.1. The second kappa shape index (κ2) is 5.60. The number of nitriles is 1. The van der Waals surface area contributed by atoms with Crippen molar-refractivity contribution in [2.75, 3.05) is 13.2 Å². The number of esters is 1. The van der Waals surface area contributed by atoms with Crippen molar-refractivity contribution in [2.45, 2.75) is 51.5 Å². The predicted octanol–water partition coefficient (Wildman–Crippen LogP) is 1.62. The van der Waals surface area contributed by atoms with Gasteiger partial charge < -0.3 is 9.64 Å². The zero-order valence-electron chi connectivity index (χ0n) is 11.4. The van der Waals surface area contributed by atoms with Crippen LogP contribution in [0.4, 0.5) is 0 Å².